The molecule has 0 radical (unpaired) electrons. The van der Waals surface area contributed by atoms with Gasteiger partial charge in [-0.1, -0.05) is 25.4 Å². The maximum atomic E-state index is 11.9. The number of halogens is 1. The van der Waals surface area contributed by atoms with Crippen LogP contribution in [0.3, 0.4) is 0 Å². The fourth-order valence-electron chi connectivity index (χ4n) is 1.82. The van der Waals surface area contributed by atoms with Crippen LogP contribution in [0.4, 0.5) is 0 Å². The number of hydrogen-bond donors (Lipinski definition) is 0. The molecule has 0 fully saturated rings. The van der Waals surface area contributed by atoms with Crippen LogP contribution in [0.1, 0.15) is 33.1 Å². The summed E-state index contributed by atoms with van der Waals surface area (Å²) in [6.07, 6.45) is 0.272. The van der Waals surface area contributed by atoms with E-state index in [4.69, 9.17) is 25.5 Å². The quantitative estimate of drug-likeness (QED) is 0.671. The van der Waals surface area contributed by atoms with Crippen LogP contribution in [0, 0.1) is 5.92 Å². The molecule has 0 aliphatic carbocycles. The largest absolute Gasteiger partial charge is 0.454 e. The monoisotopic (exact) mass is 352 g/mol. The summed E-state index contributed by atoms with van der Waals surface area (Å²) < 4.78 is 16.0. The van der Waals surface area contributed by atoms with Gasteiger partial charge in [-0.2, -0.15) is 0 Å². The minimum atomic E-state index is -0.623. The molecule has 1 unspecified atom stereocenters. The predicted octanol–water partition coefficient (Wildman–Crippen LogP) is 3.88. The summed E-state index contributed by atoms with van der Waals surface area (Å²) in [5.41, 5.74) is 0.745. The molecule has 0 aliphatic heterocycles. The number of nitrogens with zero attached hydrogens (tertiary/aromatic N) is 2. The van der Waals surface area contributed by atoms with Crippen molar-refractivity contribution >= 4 is 17.6 Å². The van der Waals surface area contributed by atoms with Crippen LogP contribution in [0.2, 0.25) is 5.02 Å². The number of ether oxygens (including phenoxy) is 2. The molecular weight excluding hydrogens is 332 g/mol. The Morgan fingerprint density at radius 2 is 1.92 bits per heavy atom. The first-order valence-corrected chi connectivity index (χ1v) is 8.20. The smallest absolute Gasteiger partial charge is 0.335 e. The molecule has 7 heteroatoms. The minimum absolute atomic E-state index is 0.0860. The van der Waals surface area contributed by atoms with Crippen molar-refractivity contribution in [1.82, 2.24) is 10.2 Å². The molecule has 1 atom stereocenters. The highest BCUT2D eigenvalue weighted by Gasteiger charge is 2.17. The Balaban J connectivity index is 1.82. The summed E-state index contributed by atoms with van der Waals surface area (Å²) in [4.78, 5) is 11.9. The van der Waals surface area contributed by atoms with Crippen LogP contribution >= 0.6 is 11.6 Å². The molecule has 2 aromatic rings. The summed E-state index contributed by atoms with van der Waals surface area (Å²) >= 11 is 5.84. The van der Waals surface area contributed by atoms with E-state index in [1.165, 1.54) is 0 Å². The second-order valence-electron chi connectivity index (χ2n) is 5.81. The van der Waals surface area contributed by atoms with Gasteiger partial charge in [0.15, 0.2) is 12.7 Å². The fraction of sp³-hybridized carbons (Fsp3) is 0.471. The van der Waals surface area contributed by atoms with Crippen molar-refractivity contribution in [2.24, 2.45) is 5.92 Å². The Labute approximate surface area is 146 Å². The molecule has 0 saturated heterocycles. The summed E-state index contributed by atoms with van der Waals surface area (Å²) in [6.45, 7) is 6.29. The Hall–Kier alpha value is -1.92. The molecule has 6 nitrogen and oxygen atoms in total. The van der Waals surface area contributed by atoms with E-state index in [9.17, 15) is 4.79 Å². The van der Waals surface area contributed by atoms with Crippen molar-refractivity contribution in [1.29, 1.82) is 0 Å². The zero-order valence-corrected chi connectivity index (χ0v) is 14.7. The predicted molar refractivity (Wildman–Crippen MR) is 89.4 cm³/mol. The number of carbonyl (C=O) groups is 1. The highest BCUT2D eigenvalue weighted by atomic mass is 35.5. The lowest BCUT2D eigenvalue weighted by molar-refractivity contribution is -0.158. The average Bonchev–Trinajstić information content (AvgIpc) is 3.01. The third-order valence-electron chi connectivity index (χ3n) is 3.29. The minimum Gasteiger partial charge on any atom is -0.454 e. The maximum absolute atomic E-state index is 11.9. The third-order valence-corrected chi connectivity index (χ3v) is 3.54. The van der Waals surface area contributed by atoms with Gasteiger partial charge in [-0.15, -0.1) is 10.2 Å². The fourth-order valence-corrected chi connectivity index (χ4v) is 1.95. The standard InChI is InChI=1S/C17H21ClN2O4/c1-11(2)8-9-22-12(3)17(21)23-10-15-19-20-16(24-15)13-4-6-14(18)7-5-13/h4-7,11-12H,8-10H2,1-3H3. The van der Waals surface area contributed by atoms with E-state index in [1.54, 1.807) is 31.2 Å². The van der Waals surface area contributed by atoms with E-state index >= 15 is 0 Å². The van der Waals surface area contributed by atoms with Crippen LogP contribution in [-0.4, -0.2) is 28.9 Å². The normalized spacial score (nSPS) is 12.4. The molecule has 1 aromatic carbocycles. The summed E-state index contributed by atoms with van der Waals surface area (Å²) in [5.74, 6) is 0.643. The lowest BCUT2D eigenvalue weighted by Crippen LogP contribution is -2.24. The molecule has 0 bridgehead atoms. The number of hydrogen-bond acceptors (Lipinski definition) is 6. The molecular formula is C17H21ClN2O4. The van der Waals surface area contributed by atoms with E-state index in [2.05, 4.69) is 24.0 Å². The Kier molecular flexibility index (Phi) is 6.75. The molecule has 24 heavy (non-hydrogen) atoms. The molecule has 0 aliphatic rings. The van der Waals surface area contributed by atoms with Gasteiger partial charge in [0.2, 0.25) is 5.89 Å². The van der Waals surface area contributed by atoms with Crippen molar-refractivity contribution < 1.29 is 18.7 Å². The van der Waals surface area contributed by atoms with Crippen molar-refractivity contribution in [3.05, 3.63) is 35.2 Å². The van der Waals surface area contributed by atoms with Gasteiger partial charge in [0.25, 0.3) is 5.89 Å². The number of carbonyl (C=O) groups excluding carboxylic acids is 1. The van der Waals surface area contributed by atoms with Gasteiger partial charge in [-0.05, 0) is 43.5 Å². The lowest BCUT2D eigenvalue weighted by Gasteiger charge is -2.12. The van der Waals surface area contributed by atoms with E-state index in [0.717, 1.165) is 12.0 Å². The number of benzene rings is 1. The number of esters is 1. The topological polar surface area (TPSA) is 74.5 Å². The van der Waals surface area contributed by atoms with E-state index in [1.807, 2.05) is 0 Å². The van der Waals surface area contributed by atoms with Gasteiger partial charge in [0.1, 0.15) is 0 Å². The Bertz CT molecular complexity index is 655. The van der Waals surface area contributed by atoms with Gasteiger partial charge in [-0.25, -0.2) is 4.79 Å². The zero-order valence-electron chi connectivity index (χ0n) is 14.0. The Morgan fingerprint density at radius 3 is 2.58 bits per heavy atom. The molecule has 0 saturated carbocycles. The first-order valence-electron chi connectivity index (χ1n) is 7.82. The summed E-state index contributed by atoms with van der Waals surface area (Å²) in [7, 11) is 0. The highest BCUT2D eigenvalue weighted by molar-refractivity contribution is 6.30. The molecule has 2 rings (SSSR count). The van der Waals surface area contributed by atoms with E-state index in [0.29, 0.717) is 23.4 Å². The van der Waals surface area contributed by atoms with Gasteiger partial charge in [0.05, 0.1) is 0 Å². The van der Waals surface area contributed by atoms with Crippen molar-refractivity contribution in [2.75, 3.05) is 6.61 Å². The summed E-state index contributed by atoms with van der Waals surface area (Å²) in [5, 5.41) is 8.41. The van der Waals surface area contributed by atoms with Crippen LogP contribution in [0.25, 0.3) is 11.5 Å². The average molecular weight is 353 g/mol. The number of rotatable bonds is 8. The first-order chi connectivity index (χ1) is 11.5. The highest BCUT2D eigenvalue weighted by Crippen LogP contribution is 2.20. The van der Waals surface area contributed by atoms with Crippen molar-refractivity contribution in [2.45, 2.75) is 39.9 Å². The first kappa shape index (κ1) is 18.4. The van der Waals surface area contributed by atoms with Crippen molar-refractivity contribution in [3.8, 4) is 11.5 Å². The molecule has 130 valence electrons. The van der Waals surface area contributed by atoms with Crippen LogP contribution < -0.4 is 0 Å². The zero-order chi connectivity index (χ0) is 17.5. The van der Waals surface area contributed by atoms with Crippen LogP contribution in [0.15, 0.2) is 28.7 Å². The van der Waals surface area contributed by atoms with Crippen molar-refractivity contribution in [3.63, 3.8) is 0 Å². The van der Waals surface area contributed by atoms with Crippen LogP contribution in [0.5, 0.6) is 0 Å². The molecule has 0 amide bonds. The second kappa shape index (κ2) is 8.80. The van der Waals surface area contributed by atoms with Gasteiger partial charge >= 0.3 is 5.97 Å². The summed E-state index contributed by atoms with van der Waals surface area (Å²) in [6, 6.07) is 7.01. The third kappa shape index (κ3) is 5.62. The van der Waals surface area contributed by atoms with Gasteiger partial charge in [0, 0.05) is 17.2 Å². The lowest BCUT2D eigenvalue weighted by atomic mass is 10.1. The van der Waals surface area contributed by atoms with E-state index < -0.39 is 12.1 Å². The second-order valence-corrected chi connectivity index (χ2v) is 6.25. The van der Waals surface area contributed by atoms with Gasteiger partial charge < -0.3 is 13.9 Å². The van der Waals surface area contributed by atoms with Gasteiger partial charge in [-0.3, -0.25) is 0 Å². The molecule has 1 aromatic heterocycles. The number of aromatic nitrogens is 2. The molecule has 1 heterocycles. The molecule has 0 N–H and O–H groups in total. The SMILES string of the molecule is CC(C)CCOC(C)C(=O)OCc1nnc(-c2ccc(Cl)cc2)o1. The molecule has 0 spiro atoms. The van der Waals surface area contributed by atoms with E-state index in [-0.39, 0.29) is 12.5 Å². The maximum Gasteiger partial charge on any atom is 0.335 e. The van der Waals surface area contributed by atoms with Crippen LogP contribution in [-0.2, 0) is 20.9 Å². The Morgan fingerprint density at radius 1 is 1.21 bits per heavy atom.